The largest absolute Gasteiger partial charge is 0.478 e. The zero-order valence-electron chi connectivity index (χ0n) is 9.66. The van der Waals surface area contributed by atoms with Crippen molar-refractivity contribution in [1.29, 1.82) is 0 Å². The van der Waals surface area contributed by atoms with Crippen LogP contribution in [0.25, 0.3) is 0 Å². The van der Waals surface area contributed by atoms with E-state index in [9.17, 15) is 9.59 Å². The van der Waals surface area contributed by atoms with Gasteiger partial charge in [0.1, 0.15) is 0 Å². The van der Waals surface area contributed by atoms with Gasteiger partial charge in [-0.3, -0.25) is 0 Å². The van der Waals surface area contributed by atoms with Crippen molar-refractivity contribution >= 4 is 11.9 Å². The van der Waals surface area contributed by atoms with E-state index >= 15 is 0 Å². The second kappa shape index (κ2) is 16.8. The summed E-state index contributed by atoms with van der Waals surface area (Å²) >= 11 is 0. The van der Waals surface area contributed by atoms with E-state index in [1.807, 2.05) is 13.8 Å². The molecule has 0 saturated heterocycles. The molecule has 0 spiro atoms. The molecule has 0 aromatic carbocycles. The van der Waals surface area contributed by atoms with Gasteiger partial charge < -0.3 is 10.2 Å². The van der Waals surface area contributed by atoms with Crippen LogP contribution in [0.5, 0.6) is 0 Å². The fraction of sp³-hybridized carbons (Fsp3) is 0.167. The van der Waals surface area contributed by atoms with Gasteiger partial charge in [-0.05, 0) is 13.8 Å². The first-order valence-corrected chi connectivity index (χ1v) is 4.59. The third-order valence-corrected chi connectivity index (χ3v) is 1.08. The zero-order chi connectivity index (χ0) is 12.8. The zero-order valence-corrected chi connectivity index (χ0v) is 10.7. The molecule has 0 aliphatic carbocycles. The van der Waals surface area contributed by atoms with Crippen molar-refractivity contribution in [3.63, 3.8) is 0 Å². The number of carbonyl (C=O) groups is 2. The summed E-state index contributed by atoms with van der Waals surface area (Å²) < 4.78 is 0. The van der Waals surface area contributed by atoms with Crippen LogP contribution in [-0.2, 0) is 26.4 Å². The molecule has 0 aromatic heterocycles. The second-order valence-electron chi connectivity index (χ2n) is 2.45. The molecule has 0 heterocycles. The predicted molar refractivity (Wildman–Crippen MR) is 63.2 cm³/mol. The number of hydrogen-bond donors (Lipinski definition) is 2. The van der Waals surface area contributed by atoms with E-state index in [-0.39, 0.29) is 16.8 Å². The molecule has 0 bridgehead atoms. The molecule has 0 unspecified atom stereocenters. The van der Waals surface area contributed by atoms with Gasteiger partial charge in [-0.2, -0.15) is 0 Å². The standard InChI is InChI=1S/2C6H8O2.Co/c2*1-2-3-4-5-6(7)8;/h2*2-5H,1H3,(H,7,8);/b2*3-2+,5-4+;. The molecule has 1 radical (unpaired) electrons. The van der Waals surface area contributed by atoms with E-state index in [0.717, 1.165) is 12.2 Å². The minimum atomic E-state index is -0.914. The van der Waals surface area contributed by atoms with Crippen LogP contribution >= 0.6 is 0 Å². The molecule has 2 N–H and O–H groups in total. The minimum absolute atomic E-state index is 0. The normalized spacial score (nSPS) is 10.5. The van der Waals surface area contributed by atoms with Gasteiger partial charge in [0.25, 0.3) is 0 Å². The molecule has 0 aliphatic rings. The van der Waals surface area contributed by atoms with Gasteiger partial charge in [0.05, 0.1) is 0 Å². The van der Waals surface area contributed by atoms with Gasteiger partial charge in [-0.25, -0.2) is 9.59 Å². The molecule has 17 heavy (non-hydrogen) atoms. The summed E-state index contributed by atoms with van der Waals surface area (Å²) in [4.78, 5) is 19.5. The second-order valence-corrected chi connectivity index (χ2v) is 2.45. The van der Waals surface area contributed by atoms with E-state index in [0.29, 0.717) is 0 Å². The number of hydrogen-bond acceptors (Lipinski definition) is 2. The Bertz CT molecular complexity index is 282. The molecular weight excluding hydrogens is 267 g/mol. The summed E-state index contributed by atoms with van der Waals surface area (Å²) in [6.07, 6.45) is 12.0. The average molecular weight is 283 g/mol. The number of aliphatic carboxylic acids is 2. The van der Waals surface area contributed by atoms with Crippen molar-refractivity contribution in [3.05, 3.63) is 48.6 Å². The maximum atomic E-state index is 9.75. The molecule has 0 fully saturated rings. The van der Waals surface area contributed by atoms with E-state index in [1.165, 1.54) is 12.2 Å². The molecule has 0 aromatic rings. The Hall–Kier alpha value is -1.59. The predicted octanol–water partition coefficient (Wildman–Crippen LogP) is 2.40. The van der Waals surface area contributed by atoms with Crippen LogP contribution in [0.2, 0.25) is 0 Å². The summed E-state index contributed by atoms with van der Waals surface area (Å²) in [5.74, 6) is -1.83. The Labute approximate surface area is 111 Å². The third kappa shape index (κ3) is 31.4. The van der Waals surface area contributed by atoms with Crippen LogP contribution in [0.3, 0.4) is 0 Å². The van der Waals surface area contributed by atoms with E-state index in [4.69, 9.17) is 10.2 Å². The van der Waals surface area contributed by atoms with Gasteiger partial charge in [-0.15, -0.1) is 0 Å². The molecule has 5 heteroatoms. The van der Waals surface area contributed by atoms with Crippen molar-refractivity contribution in [1.82, 2.24) is 0 Å². The monoisotopic (exact) mass is 283 g/mol. The number of carboxylic acids is 2. The van der Waals surface area contributed by atoms with Crippen molar-refractivity contribution < 1.29 is 36.6 Å². The molecule has 4 nitrogen and oxygen atoms in total. The first kappa shape index (κ1) is 20.8. The van der Waals surface area contributed by atoms with Gasteiger partial charge in [-0.1, -0.05) is 36.5 Å². The number of rotatable bonds is 4. The van der Waals surface area contributed by atoms with Crippen molar-refractivity contribution in [3.8, 4) is 0 Å². The van der Waals surface area contributed by atoms with Crippen LogP contribution in [-0.4, -0.2) is 22.2 Å². The topological polar surface area (TPSA) is 74.6 Å². The Kier molecular flexibility index (Phi) is 20.6. The van der Waals surface area contributed by atoms with Crippen LogP contribution in [0.4, 0.5) is 0 Å². The van der Waals surface area contributed by atoms with Crippen LogP contribution < -0.4 is 0 Å². The summed E-state index contributed by atoms with van der Waals surface area (Å²) in [7, 11) is 0. The molecule has 0 aliphatic heterocycles. The molecule has 0 atom stereocenters. The molecule has 0 rings (SSSR count). The summed E-state index contributed by atoms with van der Waals surface area (Å²) in [6.45, 7) is 3.65. The maximum Gasteiger partial charge on any atom is 0.328 e. The van der Waals surface area contributed by atoms with Crippen LogP contribution in [0, 0.1) is 0 Å². The number of carboxylic acid groups (broad SMARTS) is 2. The van der Waals surface area contributed by atoms with Crippen molar-refractivity contribution in [2.24, 2.45) is 0 Å². The maximum absolute atomic E-state index is 9.75. The summed E-state index contributed by atoms with van der Waals surface area (Å²) in [5, 5.41) is 16.0. The summed E-state index contributed by atoms with van der Waals surface area (Å²) in [6, 6.07) is 0. The first-order valence-electron chi connectivity index (χ1n) is 4.59. The van der Waals surface area contributed by atoms with Crippen LogP contribution in [0.1, 0.15) is 13.8 Å². The summed E-state index contributed by atoms with van der Waals surface area (Å²) in [5.41, 5.74) is 0. The quantitative estimate of drug-likeness (QED) is 0.613. The molecule has 0 saturated carbocycles. The Balaban J connectivity index is -0.000000218. The van der Waals surface area contributed by atoms with E-state index < -0.39 is 11.9 Å². The fourth-order valence-electron chi connectivity index (χ4n) is 0.498. The van der Waals surface area contributed by atoms with Crippen molar-refractivity contribution in [2.75, 3.05) is 0 Å². The Morgan fingerprint density at radius 3 is 1.24 bits per heavy atom. The van der Waals surface area contributed by atoms with Gasteiger partial charge in [0, 0.05) is 28.9 Å². The minimum Gasteiger partial charge on any atom is -0.478 e. The Morgan fingerprint density at radius 2 is 1.06 bits per heavy atom. The van der Waals surface area contributed by atoms with Crippen molar-refractivity contribution in [2.45, 2.75) is 13.8 Å². The van der Waals surface area contributed by atoms with Gasteiger partial charge >= 0.3 is 11.9 Å². The van der Waals surface area contributed by atoms with E-state index in [1.54, 1.807) is 24.3 Å². The molecular formula is C12H16CoO4. The first-order chi connectivity index (χ1) is 7.54. The van der Waals surface area contributed by atoms with E-state index in [2.05, 4.69) is 0 Å². The number of allylic oxidation sites excluding steroid dienone is 6. The Morgan fingerprint density at radius 1 is 0.765 bits per heavy atom. The smallest absolute Gasteiger partial charge is 0.328 e. The van der Waals surface area contributed by atoms with Gasteiger partial charge in [0.2, 0.25) is 0 Å². The average Bonchev–Trinajstić information content (AvgIpc) is 2.18. The van der Waals surface area contributed by atoms with Gasteiger partial charge in [0.15, 0.2) is 0 Å². The third-order valence-electron chi connectivity index (χ3n) is 1.08. The molecule has 0 amide bonds. The van der Waals surface area contributed by atoms with Crippen LogP contribution in [0.15, 0.2) is 48.6 Å². The fourth-order valence-corrected chi connectivity index (χ4v) is 0.498. The SMILES string of the molecule is C/C=C/C=C/C(=O)O.C/C=C/C=C/C(=O)O.[Co]. The molecule has 97 valence electrons.